The topological polar surface area (TPSA) is 74.6 Å². The van der Waals surface area contributed by atoms with Crippen molar-refractivity contribution in [2.45, 2.75) is 45.6 Å². The Balaban J connectivity index is 3.65. The molecular formula is C10H18O4. The van der Waals surface area contributed by atoms with Crippen LogP contribution in [-0.2, 0) is 9.59 Å². The zero-order chi connectivity index (χ0) is 11.1. The van der Waals surface area contributed by atoms with E-state index < -0.39 is 12.1 Å². The molecule has 82 valence electrons. The molecule has 0 aliphatic rings. The summed E-state index contributed by atoms with van der Waals surface area (Å²) in [7, 11) is 0. The van der Waals surface area contributed by atoms with Crippen LogP contribution in [0.3, 0.4) is 0 Å². The minimum Gasteiger partial charge on any atom is -0.481 e. The number of carboxylic acids is 1. The summed E-state index contributed by atoms with van der Waals surface area (Å²) in [5.74, 6) is -0.811. The van der Waals surface area contributed by atoms with Gasteiger partial charge in [0.15, 0.2) is 0 Å². The molecule has 0 radical (unpaired) electrons. The van der Waals surface area contributed by atoms with E-state index in [1.165, 1.54) is 0 Å². The van der Waals surface area contributed by atoms with E-state index in [-0.39, 0.29) is 25.0 Å². The molecule has 4 nitrogen and oxygen atoms in total. The second kappa shape index (κ2) is 6.54. The molecule has 0 aliphatic carbocycles. The number of hydrogen-bond acceptors (Lipinski definition) is 3. The number of aliphatic carboxylic acids is 1. The molecule has 14 heavy (non-hydrogen) atoms. The fourth-order valence-electron chi connectivity index (χ4n) is 1.24. The molecule has 0 aromatic rings. The van der Waals surface area contributed by atoms with Crippen LogP contribution in [0.2, 0.25) is 0 Å². The molecule has 0 aliphatic heterocycles. The van der Waals surface area contributed by atoms with Crippen molar-refractivity contribution in [2.24, 2.45) is 5.92 Å². The molecule has 0 aromatic carbocycles. The summed E-state index contributed by atoms with van der Waals surface area (Å²) in [5.41, 5.74) is 0. The van der Waals surface area contributed by atoms with Crippen LogP contribution < -0.4 is 0 Å². The maximum Gasteiger partial charge on any atom is 0.303 e. The number of rotatable bonds is 7. The van der Waals surface area contributed by atoms with Gasteiger partial charge in [0.25, 0.3) is 0 Å². The third-order valence-corrected chi connectivity index (χ3v) is 1.82. The molecule has 0 spiro atoms. The van der Waals surface area contributed by atoms with Gasteiger partial charge in [0.1, 0.15) is 5.78 Å². The summed E-state index contributed by atoms with van der Waals surface area (Å²) in [4.78, 5) is 21.3. The first-order valence-electron chi connectivity index (χ1n) is 4.83. The molecule has 4 heteroatoms. The van der Waals surface area contributed by atoms with Gasteiger partial charge in [-0.3, -0.25) is 9.59 Å². The monoisotopic (exact) mass is 202 g/mol. The van der Waals surface area contributed by atoms with Gasteiger partial charge in [-0.1, -0.05) is 13.8 Å². The zero-order valence-corrected chi connectivity index (χ0v) is 8.69. The van der Waals surface area contributed by atoms with Crippen molar-refractivity contribution in [3.8, 4) is 0 Å². The molecule has 1 atom stereocenters. The van der Waals surface area contributed by atoms with Crippen LogP contribution in [0.4, 0.5) is 0 Å². The van der Waals surface area contributed by atoms with Gasteiger partial charge < -0.3 is 10.2 Å². The van der Waals surface area contributed by atoms with Crippen LogP contribution in [0, 0.1) is 5.92 Å². The number of carbonyl (C=O) groups is 2. The molecule has 0 bridgehead atoms. The SMILES string of the molecule is CC(C)CC(O)CC(=O)CCC(=O)O. The average Bonchev–Trinajstić information content (AvgIpc) is 1.98. The van der Waals surface area contributed by atoms with E-state index in [4.69, 9.17) is 5.11 Å². The first-order chi connectivity index (χ1) is 6.41. The molecular weight excluding hydrogens is 184 g/mol. The van der Waals surface area contributed by atoms with E-state index in [1.807, 2.05) is 13.8 Å². The van der Waals surface area contributed by atoms with Crippen molar-refractivity contribution < 1.29 is 19.8 Å². The number of Topliss-reactive ketones (excluding diaryl/α,β-unsaturated/α-hetero) is 1. The van der Waals surface area contributed by atoms with Gasteiger partial charge in [0, 0.05) is 12.8 Å². The first-order valence-corrected chi connectivity index (χ1v) is 4.83. The highest BCUT2D eigenvalue weighted by molar-refractivity contribution is 5.82. The summed E-state index contributed by atoms with van der Waals surface area (Å²) in [6.45, 7) is 3.93. The maximum atomic E-state index is 11.1. The summed E-state index contributed by atoms with van der Waals surface area (Å²) < 4.78 is 0. The highest BCUT2D eigenvalue weighted by atomic mass is 16.4. The number of aliphatic hydroxyl groups excluding tert-OH is 1. The van der Waals surface area contributed by atoms with Crippen molar-refractivity contribution in [2.75, 3.05) is 0 Å². The summed E-state index contributed by atoms with van der Waals surface area (Å²) in [6, 6.07) is 0. The van der Waals surface area contributed by atoms with Crippen LogP contribution in [-0.4, -0.2) is 28.1 Å². The van der Waals surface area contributed by atoms with Gasteiger partial charge in [-0.25, -0.2) is 0 Å². The highest BCUT2D eigenvalue weighted by Gasteiger charge is 2.13. The quantitative estimate of drug-likeness (QED) is 0.650. The van der Waals surface area contributed by atoms with Crippen LogP contribution in [0.15, 0.2) is 0 Å². The third-order valence-electron chi connectivity index (χ3n) is 1.82. The highest BCUT2D eigenvalue weighted by Crippen LogP contribution is 2.09. The van der Waals surface area contributed by atoms with E-state index >= 15 is 0 Å². The third kappa shape index (κ3) is 7.73. The Morgan fingerprint density at radius 2 is 1.79 bits per heavy atom. The lowest BCUT2D eigenvalue weighted by atomic mass is 10.0. The van der Waals surface area contributed by atoms with Crippen LogP contribution >= 0.6 is 0 Å². The van der Waals surface area contributed by atoms with E-state index in [2.05, 4.69) is 0 Å². The Kier molecular flexibility index (Phi) is 6.12. The summed E-state index contributed by atoms with van der Waals surface area (Å²) >= 11 is 0. The predicted molar refractivity (Wildman–Crippen MR) is 52.0 cm³/mol. The maximum absolute atomic E-state index is 11.1. The van der Waals surface area contributed by atoms with Gasteiger partial charge >= 0.3 is 5.97 Å². The number of ketones is 1. The van der Waals surface area contributed by atoms with Crippen molar-refractivity contribution in [3.63, 3.8) is 0 Å². The smallest absolute Gasteiger partial charge is 0.303 e. The van der Waals surface area contributed by atoms with Crippen molar-refractivity contribution >= 4 is 11.8 Å². The Labute approximate surface area is 83.9 Å². The molecule has 0 amide bonds. The van der Waals surface area contributed by atoms with Crippen LogP contribution in [0.1, 0.15) is 39.5 Å². The van der Waals surface area contributed by atoms with Gasteiger partial charge in [-0.15, -0.1) is 0 Å². The largest absolute Gasteiger partial charge is 0.481 e. The van der Waals surface area contributed by atoms with E-state index in [0.29, 0.717) is 12.3 Å². The molecule has 0 rings (SSSR count). The molecule has 1 unspecified atom stereocenters. The van der Waals surface area contributed by atoms with Crippen LogP contribution in [0.5, 0.6) is 0 Å². The minimum absolute atomic E-state index is 0.0183. The number of carboxylic acid groups (broad SMARTS) is 1. The average molecular weight is 202 g/mol. The van der Waals surface area contributed by atoms with Gasteiger partial charge in [0.2, 0.25) is 0 Å². The second-order valence-corrected chi connectivity index (χ2v) is 3.92. The number of carbonyl (C=O) groups excluding carboxylic acids is 1. The fraction of sp³-hybridized carbons (Fsp3) is 0.800. The molecule has 0 fully saturated rings. The van der Waals surface area contributed by atoms with Crippen LogP contribution in [0.25, 0.3) is 0 Å². The Bertz CT molecular complexity index is 198. The van der Waals surface area contributed by atoms with Crippen molar-refractivity contribution in [3.05, 3.63) is 0 Å². The summed E-state index contributed by atoms with van der Waals surface area (Å²) in [6.07, 6.45) is -0.0987. The lowest BCUT2D eigenvalue weighted by Crippen LogP contribution is -2.16. The summed E-state index contributed by atoms with van der Waals surface area (Å²) in [5, 5.41) is 17.7. The zero-order valence-electron chi connectivity index (χ0n) is 8.69. The molecule has 0 heterocycles. The number of aliphatic hydroxyl groups is 1. The standard InChI is InChI=1S/C10H18O4/c1-7(2)5-9(12)6-8(11)3-4-10(13)14/h7,9,12H,3-6H2,1-2H3,(H,13,14). The molecule has 2 N–H and O–H groups in total. The first kappa shape index (κ1) is 13.1. The Morgan fingerprint density at radius 1 is 1.21 bits per heavy atom. The van der Waals surface area contributed by atoms with Gasteiger partial charge in [0.05, 0.1) is 12.5 Å². The van der Waals surface area contributed by atoms with E-state index in [0.717, 1.165) is 0 Å². The second-order valence-electron chi connectivity index (χ2n) is 3.92. The molecule has 0 aromatic heterocycles. The molecule has 0 saturated heterocycles. The Morgan fingerprint density at radius 3 is 2.21 bits per heavy atom. The minimum atomic E-state index is -0.975. The van der Waals surface area contributed by atoms with E-state index in [1.54, 1.807) is 0 Å². The lowest BCUT2D eigenvalue weighted by Gasteiger charge is -2.11. The van der Waals surface area contributed by atoms with Gasteiger partial charge in [-0.05, 0) is 12.3 Å². The molecule has 0 saturated carbocycles. The van der Waals surface area contributed by atoms with Crippen molar-refractivity contribution in [1.82, 2.24) is 0 Å². The van der Waals surface area contributed by atoms with Gasteiger partial charge in [-0.2, -0.15) is 0 Å². The number of hydrogen-bond donors (Lipinski definition) is 2. The normalized spacial score (nSPS) is 12.9. The lowest BCUT2D eigenvalue weighted by molar-refractivity contribution is -0.138. The Hall–Kier alpha value is -0.900. The van der Waals surface area contributed by atoms with E-state index in [9.17, 15) is 14.7 Å². The van der Waals surface area contributed by atoms with Crippen molar-refractivity contribution in [1.29, 1.82) is 0 Å². The predicted octanol–water partition coefficient (Wildman–Crippen LogP) is 1.22. The fourth-order valence-corrected chi connectivity index (χ4v) is 1.24.